The molecular formula is C18H17BrN4O2. The minimum Gasteiger partial charge on any atom is -0.490 e. The SMILES string of the molecule is N#Cc1ccc(OC2CCC(NC(=O)c3ncccn3)CC2)cc1Br. The van der Waals surface area contributed by atoms with Crippen LogP contribution in [0, 0.1) is 11.3 Å². The zero-order valence-corrected chi connectivity index (χ0v) is 15.1. The van der Waals surface area contributed by atoms with E-state index in [1.807, 2.05) is 12.1 Å². The van der Waals surface area contributed by atoms with E-state index in [1.54, 1.807) is 24.5 Å². The fraction of sp³-hybridized carbons (Fsp3) is 0.333. The molecule has 7 heteroatoms. The van der Waals surface area contributed by atoms with Crippen molar-refractivity contribution in [3.63, 3.8) is 0 Å². The smallest absolute Gasteiger partial charge is 0.289 e. The number of hydrogen-bond acceptors (Lipinski definition) is 5. The standard InChI is InChI=1S/C18H17BrN4O2/c19-16-10-15(5-2-12(16)11-20)25-14-6-3-13(4-7-14)23-18(24)17-21-8-1-9-22-17/h1-2,5,8-10,13-14H,3-4,6-7H2,(H,23,24). The first kappa shape index (κ1) is 17.4. The Balaban J connectivity index is 1.50. The summed E-state index contributed by atoms with van der Waals surface area (Å²) in [4.78, 5) is 20.0. The van der Waals surface area contributed by atoms with Crippen LogP contribution in [0.5, 0.6) is 5.75 Å². The lowest BCUT2D eigenvalue weighted by atomic mass is 9.93. The number of benzene rings is 1. The molecule has 1 aliphatic rings. The number of aromatic nitrogens is 2. The summed E-state index contributed by atoms with van der Waals surface area (Å²) in [6, 6.07) is 9.28. The number of nitrogens with zero attached hydrogens (tertiary/aromatic N) is 3. The van der Waals surface area contributed by atoms with Crippen molar-refractivity contribution >= 4 is 21.8 Å². The Morgan fingerprint density at radius 2 is 1.96 bits per heavy atom. The minimum atomic E-state index is -0.235. The third-order valence-electron chi connectivity index (χ3n) is 4.14. The number of carbonyl (C=O) groups is 1. The molecular weight excluding hydrogens is 384 g/mol. The molecule has 128 valence electrons. The van der Waals surface area contributed by atoms with E-state index in [2.05, 4.69) is 37.3 Å². The Kier molecular flexibility index (Phi) is 5.61. The molecule has 0 aliphatic heterocycles. The van der Waals surface area contributed by atoms with E-state index < -0.39 is 0 Å². The maximum Gasteiger partial charge on any atom is 0.289 e. The lowest BCUT2D eigenvalue weighted by Gasteiger charge is -2.29. The van der Waals surface area contributed by atoms with Crippen molar-refractivity contribution in [2.45, 2.75) is 37.8 Å². The van der Waals surface area contributed by atoms with Crippen LogP contribution in [0.15, 0.2) is 41.1 Å². The van der Waals surface area contributed by atoms with E-state index in [-0.39, 0.29) is 23.9 Å². The molecule has 6 nitrogen and oxygen atoms in total. The highest BCUT2D eigenvalue weighted by molar-refractivity contribution is 9.10. The van der Waals surface area contributed by atoms with Gasteiger partial charge in [-0.25, -0.2) is 9.97 Å². The fourth-order valence-corrected chi connectivity index (χ4v) is 3.29. The van der Waals surface area contributed by atoms with Gasteiger partial charge in [-0.05, 0) is 65.9 Å². The van der Waals surface area contributed by atoms with Crippen LogP contribution in [-0.4, -0.2) is 28.0 Å². The Morgan fingerprint density at radius 1 is 1.24 bits per heavy atom. The predicted molar refractivity (Wildman–Crippen MR) is 95.0 cm³/mol. The third-order valence-corrected chi connectivity index (χ3v) is 4.80. The predicted octanol–water partition coefficient (Wildman–Crippen LogP) is 3.23. The van der Waals surface area contributed by atoms with Gasteiger partial charge in [0.1, 0.15) is 11.8 Å². The first-order valence-corrected chi connectivity index (χ1v) is 8.89. The molecule has 1 saturated carbocycles. The zero-order chi connectivity index (χ0) is 17.6. The molecule has 0 atom stereocenters. The van der Waals surface area contributed by atoms with Crippen molar-refractivity contribution < 1.29 is 9.53 Å². The van der Waals surface area contributed by atoms with Gasteiger partial charge in [0.2, 0.25) is 5.82 Å². The van der Waals surface area contributed by atoms with Crippen molar-refractivity contribution in [1.29, 1.82) is 5.26 Å². The summed E-state index contributed by atoms with van der Waals surface area (Å²) in [7, 11) is 0. The monoisotopic (exact) mass is 400 g/mol. The van der Waals surface area contributed by atoms with E-state index in [4.69, 9.17) is 10.00 Å². The van der Waals surface area contributed by atoms with Gasteiger partial charge in [0, 0.05) is 22.9 Å². The highest BCUT2D eigenvalue weighted by Gasteiger charge is 2.24. The molecule has 0 spiro atoms. The van der Waals surface area contributed by atoms with Crippen LogP contribution < -0.4 is 10.1 Å². The fourth-order valence-electron chi connectivity index (χ4n) is 2.84. The summed E-state index contributed by atoms with van der Waals surface area (Å²) < 4.78 is 6.73. The molecule has 1 aromatic carbocycles. The second kappa shape index (κ2) is 8.08. The van der Waals surface area contributed by atoms with Gasteiger partial charge in [-0.3, -0.25) is 4.79 Å². The first-order chi connectivity index (χ1) is 12.2. The molecule has 0 saturated heterocycles. The van der Waals surface area contributed by atoms with Crippen LogP contribution in [0.4, 0.5) is 0 Å². The molecule has 1 amide bonds. The Labute approximate surface area is 154 Å². The van der Waals surface area contributed by atoms with Gasteiger partial charge < -0.3 is 10.1 Å². The molecule has 1 N–H and O–H groups in total. The summed E-state index contributed by atoms with van der Waals surface area (Å²) in [5.41, 5.74) is 0.585. The normalized spacial score (nSPS) is 19.7. The summed E-state index contributed by atoms with van der Waals surface area (Å²) in [6.07, 6.45) is 6.64. The van der Waals surface area contributed by atoms with Gasteiger partial charge in [-0.15, -0.1) is 0 Å². The summed E-state index contributed by atoms with van der Waals surface area (Å²) >= 11 is 3.37. The highest BCUT2D eigenvalue weighted by atomic mass is 79.9. The van der Waals surface area contributed by atoms with Crippen molar-refractivity contribution in [1.82, 2.24) is 15.3 Å². The lowest BCUT2D eigenvalue weighted by Crippen LogP contribution is -2.40. The third kappa shape index (κ3) is 4.54. The number of rotatable bonds is 4. The Bertz CT molecular complexity index is 783. The molecule has 1 aliphatic carbocycles. The summed E-state index contributed by atoms with van der Waals surface area (Å²) in [5, 5.41) is 11.9. The van der Waals surface area contributed by atoms with Crippen molar-refractivity contribution in [2.24, 2.45) is 0 Å². The van der Waals surface area contributed by atoms with Gasteiger partial charge in [0.15, 0.2) is 0 Å². The number of amides is 1. The molecule has 25 heavy (non-hydrogen) atoms. The van der Waals surface area contributed by atoms with Crippen LogP contribution in [0.2, 0.25) is 0 Å². The van der Waals surface area contributed by atoms with Gasteiger partial charge in [-0.2, -0.15) is 5.26 Å². The van der Waals surface area contributed by atoms with E-state index in [0.717, 1.165) is 35.9 Å². The summed E-state index contributed by atoms with van der Waals surface area (Å²) in [6.45, 7) is 0. The van der Waals surface area contributed by atoms with Crippen LogP contribution in [0.25, 0.3) is 0 Å². The number of carbonyl (C=O) groups excluding carboxylic acids is 1. The van der Waals surface area contributed by atoms with E-state index >= 15 is 0 Å². The Morgan fingerprint density at radius 3 is 2.60 bits per heavy atom. The molecule has 2 aromatic rings. The summed E-state index contributed by atoms with van der Waals surface area (Å²) in [5.74, 6) is 0.709. The van der Waals surface area contributed by atoms with Crippen molar-refractivity contribution in [3.05, 3.63) is 52.5 Å². The average molecular weight is 401 g/mol. The number of ether oxygens (including phenoxy) is 1. The topological polar surface area (TPSA) is 87.9 Å². The average Bonchev–Trinajstić information content (AvgIpc) is 2.64. The van der Waals surface area contributed by atoms with Gasteiger partial charge in [-0.1, -0.05) is 0 Å². The lowest BCUT2D eigenvalue weighted by molar-refractivity contribution is 0.0883. The van der Waals surface area contributed by atoms with Crippen LogP contribution in [0.1, 0.15) is 41.9 Å². The van der Waals surface area contributed by atoms with Gasteiger partial charge >= 0.3 is 0 Å². The quantitative estimate of drug-likeness (QED) is 0.850. The molecule has 1 fully saturated rings. The van der Waals surface area contributed by atoms with Crippen LogP contribution in [0.3, 0.4) is 0 Å². The molecule has 1 aromatic heterocycles. The van der Waals surface area contributed by atoms with E-state index in [9.17, 15) is 4.79 Å². The zero-order valence-electron chi connectivity index (χ0n) is 13.5. The molecule has 0 radical (unpaired) electrons. The van der Waals surface area contributed by atoms with Crippen LogP contribution >= 0.6 is 15.9 Å². The maximum atomic E-state index is 12.1. The number of nitrogens with one attached hydrogen (secondary N) is 1. The number of halogens is 1. The van der Waals surface area contributed by atoms with E-state index in [1.165, 1.54) is 0 Å². The van der Waals surface area contributed by atoms with Crippen molar-refractivity contribution in [2.75, 3.05) is 0 Å². The van der Waals surface area contributed by atoms with E-state index in [0.29, 0.717) is 5.56 Å². The second-order valence-electron chi connectivity index (χ2n) is 5.89. The largest absolute Gasteiger partial charge is 0.490 e. The maximum absolute atomic E-state index is 12.1. The first-order valence-electron chi connectivity index (χ1n) is 8.10. The second-order valence-corrected chi connectivity index (χ2v) is 6.75. The molecule has 0 unspecified atom stereocenters. The van der Waals surface area contributed by atoms with Gasteiger partial charge in [0.05, 0.1) is 11.7 Å². The van der Waals surface area contributed by atoms with Crippen molar-refractivity contribution in [3.8, 4) is 11.8 Å². The number of hydrogen-bond donors (Lipinski definition) is 1. The minimum absolute atomic E-state index is 0.112. The molecule has 0 bridgehead atoms. The highest BCUT2D eigenvalue weighted by Crippen LogP contribution is 2.27. The number of nitriles is 1. The van der Waals surface area contributed by atoms with Gasteiger partial charge in [0.25, 0.3) is 5.91 Å². The molecule has 1 heterocycles. The Hall–Kier alpha value is -2.46. The van der Waals surface area contributed by atoms with Crippen LogP contribution in [-0.2, 0) is 0 Å². The molecule has 3 rings (SSSR count).